The molecule has 0 unspecified atom stereocenters. The van der Waals surface area contributed by atoms with Gasteiger partial charge in [-0.2, -0.15) is 0 Å². The van der Waals surface area contributed by atoms with Crippen molar-refractivity contribution in [2.75, 3.05) is 39.3 Å². The first kappa shape index (κ1) is 29.0. The third kappa shape index (κ3) is 6.76. The third-order valence-electron chi connectivity index (χ3n) is 10.2. The summed E-state index contributed by atoms with van der Waals surface area (Å²) in [4.78, 5) is 22.0. The highest BCUT2D eigenvalue weighted by atomic mass is 19.1. The van der Waals surface area contributed by atoms with Crippen molar-refractivity contribution in [2.45, 2.75) is 63.2 Å². The van der Waals surface area contributed by atoms with Crippen LogP contribution in [0.25, 0.3) is 0 Å². The fourth-order valence-corrected chi connectivity index (χ4v) is 7.93. The molecule has 3 fully saturated rings. The average Bonchev–Trinajstić information content (AvgIpc) is 3.40. The Kier molecular flexibility index (Phi) is 9.01. The molecule has 1 saturated carbocycles. The zero-order valence-electron chi connectivity index (χ0n) is 24.6. The first-order valence-corrected chi connectivity index (χ1v) is 15.9. The van der Waals surface area contributed by atoms with Crippen LogP contribution >= 0.6 is 0 Å². The number of nitrogens with zero attached hydrogens (tertiary/aromatic N) is 3. The first-order valence-electron chi connectivity index (χ1n) is 15.9. The minimum Gasteiger partial charge on any atom is -0.481 e. The summed E-state index contributed by atoms with van der Waals surface area (Å²) >= 11 is 0. The molecule has 2 aliphatic heterocycles. The molecular formula is C36H44FN3O2. The number of benzene rings is 2. The lowest BCUT2D eigenvalue weighted by molar-refractivity contribution is -0.152. The molecule has 42 heavy (non-hydrogen) atoms. The number of aromatic nitrogens is 1. The molecule has 2 saturated heterocycles. The highest BCUT2D eigenvalue weighted by Crippen LogP contribution is 2.41. The molecule has 3 aromatic rings. The van der Waals surface area contributed by atoms with Gasteiger partial charge in [-0.3, -0.25) is 9.78 Å². The van der Waals surface area contributed by atoms with Crippen molar-refractivity contribution in [2.24, 2.45) is 11.3 Å². The number of halogens is 1. The van der Waals surface area contributed by atoms with E-state index < -0.39 is 11.4 Å². The van der Waals surface area contributed by atoms with Crippen LogP contribution in [0.3, 0.4) is 0 Å². The number of carbonyl (C=O) groups is 1. The van der Waals surface area contributed by atoms with Gasteiger partial charge < -0.3 is 14.9 Å². The van der Waals surface area contributed by atoms with Gasteiger partial charge in [0.15, 0.2) is 0 Å². The second-order valence-corrected chi connectivity index (χ2v) is 13.1. The number of aliphatic carboxylic acids is 1. The molecule has 3 aliphatic rings. The lowest BCUT2D eigenvalue weighted by Gasteiger charge is -2.37. The summed E-state index contributed by atoms with van der Waals surface area (Å²) in [5, 5.41) is 10.2. The van der Waals surface area contributed by atoms with E-state index in [1.54, 1.807) is 6.07 Å². The highest BCUT2D eigenvalue weighted by Gasteiger charge is 2.44. The van der Waals surface area contributed by atoms with Gasteiger partial charge in [-0.1, -0.05) is 67.8 Å². The lowest BCUT2D eigenvalue weighted by atomic mass is 9.73. The topological polar surface area (TPSA) is 56.7 Å². The lowest BCUT2D eigenvalue weighted by Crippen LogP contribution is -2.44. The second-order valence-electron chi connectivity index (χ2n) is 13.1. The van der Waals surface area contributed by atoms with E-state index in [1.807, 2.05) is 18.5 Å². The van der Waals surface area contributed by atoms with Gasteiger partial charge in [0, 0.05) is 44.5 Å². The van der Waals surface area contributed by atoms with E-state index in [-0.39, 0.29) is 11.7 Å². The Morgan fingerprint density at radius 3 is 2.40 bits per heavy atom. The summed E-state index contributed by atoms with van der Waals surface area (Å²) in [6, 6.07) is 20.0. The first-order chi connectivity index (χ1) is 20.5. The molecule has 2 atom stereocenters. The van der Waals surface area contributed by atoms with Crippen LogP contribution in [0.2, 0.25) is 0 Å². The van der Waals surface area contributed by atoms with Crippen LogP contribution in [0.1, 0.15) is 79.0 Å². The van der Waals surface area contributed by atoms with Crippen LogP contribution in [0.15, 0.2) is 73.1 Å². The molecule has 6 heteroatoms. The van der Waals surface area contributed by atoms with E-state index in [2.05, 4.69) is 57.2 Å². The Morgan fingerprint density at radius 1 is 0.881 bits per heavy atom. The van der Waals surface area contributed by atoms with Crippen molar-refractivity contribution in [1.82, 2.24) is 14.8 Å². The fourth-order valence-electron chi connectivity index (χ4n) is 7.93. The number of rotatable bonds is 9. The maximum atomic E-state index is 14.3. The Labute approximate surface area is 249 Å². The van der Waals surface area contributed by atoms with Crippen molar-refractivity contribution >= 4 is 5.97 Å². The SMILES string of the molecule is O=C(O)C1(CN2C[C@H](CN3CCC(c4cncc(Cc5ccccc5)c4)CC3)[C@@H](c3cccc(F)c3)C2)CCCCC1. The predicted molar refractivity (Wildman–Crippen MR) is 164 cm³/mol. The van der Waals surface area contributed by atoms with Crippen LogP contribution in [0.4, 0.5) is 4.39 Å². The minimum absolute atomic E-state index is 0.192. The Balaban J connectivity index is 1.10. The summed E-state index contributed by atoms with van der Waals surface area (Å²) in [5.74, 6) is 0.255. The summed E-state index contributed by atoms with van der Waals surface area (Å²) in [6.45, 7) is 5.34. The van der Waals surface area contributed by atoms with Gasteiger partial charge in [0.1, 0.15) is 5.82 Å². The predicted octanol–water partition coefficient (Wildman–Crippen LogP) is 6.74. The molecule has 0 amide bonds. The Hall–Kier alpha value is -3.09. The molecule has 1 aromatic heterocycles. The molecule has 3 heterocycles. The summed E-state index contributed by atoms with van der Waals surface area (Å²) in [5.41, 5.74) is 4.33. The highest BCUT2D eigenvalue weighted by molar-refractivity contribution is 5.75. The van der Waals surface area contributed by atoms with E-state index in [4.69, 9.17) is 0 Å². The van der Waals surface area contributed by atoms with Crippen molar-refractivity contribution in [3.05, 3.63) is 101 Å². The number of pyridine rings is 1. The normalized spacial score (nSPS) is 23.6. The van der Waals surface area contributed by atoms with E-state index in [0.717, 1.165) is 89.7 Å². The van der Waals surface area contributed by atoms with Crippen LogP contribution in [0.5, 0.6) is 0 Å². The fraction of sp³-hybridized carbons (Fsp3) is 0.500. The van der Waals surface area contributed by atoms with Gasteiger partial charge in [-0.25, -0.2) is 4.39 Å². The summed E-state index contributed by atoms with van der Waals surface area (Å²) in [6.07, 6.45) is 11.8. The number of hydrogen-bond donors (Lipinski definition) is 1. The van der Waals surface area contributed by atoms with Crippen molar-refractivity contribution < 1.29 is 14.3 Å². The van der Waals surface area contributed by atoms with E-state index in [9.17, 15) is 14.3 Å². The Morgan fingerprint density at radius 2 is 1.67 bits per heavy atom. The zero-order valence-corrected chi connectivity index (χ0v) is 24.6. The quantitative estimate of drug-likeness (QED) is 0.309. The molecule has 2 aromatic carbocycles. The molecular weight excluding hydrogens is 525 g/mol. The van der Waals surface area contributed by atoms with Gasteiger partial charge in [-0.15, -0.1) is 0 Å². The zero-order chi connectivity index (χ0) is 28.9. The van der Waals surface area contributed by atoms with Crippen LogP contribution in [-0.2, 0) is 11.2 Å². The molecule has 6 rings (SSSR count). The second kappa shape index (κ2) is 13.0. The average molecular weight is 570 g/mol. The van der Waals surface area contributed by atoms with E-state index >= 15 is 0 Å². The maximum Gasteiger partial charge on any atom is 0.310 e. The van der Waals surface area contributed by atoms with Gasteiger partial charge >= 0.3 is 5.97 Å². The van der Waals surface area contributed by atoms with Gasteiger partial charge in [0.05, 0.1) is 5.41 Å². The number of hydrogen-bond acceptors (Lipinski definition) is 4. The molecule has 0 bridgehead atoms. The minimum atomic E-state index is -0.641. The number of carboxylic acid groups (broad SMARTS) is 1. The molecule has 222 valence electrons. The van der Waals surface area contributed by atoms with Crippen molar-refractivity contribution in [3.8, 4) is 0 Å². The van der Waals surface area contributed by atoms with E-state index in [0.29, 0.717) is 18.4 Å². The number of likely N-dealkylation sites (tertiary alicyclic amines) is 2. The standard InChI is InChI=1S/C36H44FN3O2/c37-33-11-7-10-30(20-33)34-25-40(26-36(35(41)42)14-5-2-6-15-36)24-32(34)23-39-16-12-29(13-17-39)31-19-28(21-38-22-31)18-27-8-3-1-4-9-27/h1,3-4,7-11,19-22,29,32,34H,2,5-6,12-18,23-26H2,(H,41,42)/t32-,34+/m0/s1. The Bertz CT molecular complexity index is 1330. The summed E-state index contributed by atoms with van der Waals surface area (Å²) < 4.78 is 14.3. The molecule has 0 spiro atoms. The molecule has 0 radical (unpaired) electrons. The maximum absolute atomic E-state index is 14.3. The largest absolute Gasteiger partial charge is 0.481 e. The van der Waals surface area contributed by atoms with Gasteiger partial charge in [0.2, 0.25) is 0 Å². The van der Waals surface area contributed by atoms with E-state index in [1.165, 1.54) is 22.8 Å². The van der Waals surface area contributed by atoms with Crippen molar-refractivity contribution in [3.63, 3.8) is 0 Å². The number of carboxylic acids is 1. The van der Waals surface area contributed by atoms with Crippen LogP contribution in [-0.4, -0.2) is 65.1 Å². The molecule has 1 aliphatic carbocycles. The smallest absolute Gasteiger partial charge is 0.310 e. The van der Waals surface area contributed by atoms with Gasteiger partial charge in [-0.05, 0) is 91.4 Å². The molecule has 5 nitrogen and oxygen atoms in total. The van der Waals surface area contributed by atoms with Crippen LogP contribution < -0.4 is 0 Å². The number of piperidine rings is 1. The van der Waals surface area contributed by atoms with Crippen molar-refractivity contribution in [1.29, 1.82) is 0 Å². The van der Waals surface area contributed by atoms with Gasteiger partial charge in [0.25, 0.3) is 0 Å². The third-order valence-corrected chi connectivity index (χ3v) is 10.2. The molecule has 1 N–H and O–H groups in total. The van der Waals surface area contributed by atoms with Crippen LogP contribution in [0, 0.1) is 17.2 Å². The summed E-state index contributed by atoms with van der Waals surface area (Å²) in [7, 11) is 0. The monoisotopic (exact) mass is 569 g/mol.